The van der Waals surface area contributed by atoms with Gasteiger partial charge >= 0.3 is 0 Å². The maximum Gasteiger partial charge on any atom is 0.275 e. The van der Waals surface area contributed by atoms with Gasteiger partial charge in [0, 0.05) is 24.3 Å². The Morgan fingerprint density at radius 3 is 2.80 bits per heavy atom. The zero-order valence-corrected chi connectivity index (χ0v) is 12.8. The molecule has 1 unspecified atom stereocenters. The standard InChI is InChI=1S/C11H16ClN3O4S/c1-3-8-10(20(12,17)18)9(14-13-8)11(16)15(2)7-4-5-19-6-7/h7H,3-6H2,1-2H3,(H,13,14). The van der Waals surface area contributed by atoms with E-state index in [-0.39, 0.29) is 16.6 Å². The molecule has 2 heterocycles. The fraction of sp³-hybridized carbons (Fsp3) is 0.636. The van der Waals surface area contributed by atoms with Crippen LogP contribution in [0.5, 0.6) is 0 Å². The van der Waals surface area contributed by atoms with Gasteiger partial charge in [0.15, 0.2) is 5.69 Å². The molecule has 1 aliphatic heterocycles. The van der Waals surface area contributed by atoms with Crippen LogP contribution in [0.3, 0.4) is 0 Å². The molecule has 112 valence electrons. The van der Waals surface area contributed by atoms with E-state index >= 15 is 0 Å². The van der Waals surface area contributed by atoms with Crippen LogP contribution in [0.25, 0.3) is 0 Å². The summed E-state index contributed by atoms with van der Waals surface area (Å²) in [7, 11) is 2.98. The SMILES string of the molecule is CCc1[nH]nc(C(=O)N(C)C2CCOC2)c1S(=O)(=O)Cl. The molecule has 0 radical (unpaired) electrons. The van der Waals surface area contributed by atoms with Crippen molar-refractivity contribution >= 4 is 25.6 Å². The minimum atomic E-state index is -4.04. The van der Waals surface area contributed by atoms with Gasteiger partial charge in [0.2, 0.25) is 0 Å². The summed E-state index contributed by atoms with van der Waals surface area (Å²) in [5.74, 6) is -0.476. The number of aryl methyl sites for hydroxylation is 1. The lowest BCUT2D eigenvalue weighted by atomic mass is 10.2. The van der Waals surface area contributed by atoms with Crippen molar-refractivity contribution in [2.45, 2.75) is 30.7 Å². The van der Waals surface area contributed by atoms with E-state index in [1.165, 1.54) is 4.90 Å². The van der Waals surface area contributed by atoms with Crippen LogP contribution < -0.4 is 0 Å². The summed E-state index contributed by atoms with van der Waals surface area (Å²) >= 11 is 0. The maximum atomic E-state index is 12.4. The molecule has 1 amide bonds. The van der Waals surface area contributed by atoms with Crippen molar-refractivity contribution in [1.29, 1.82) is 0 Å². The highest BCUT2D eigenvalue weighted by atomic mass is 35.7. The van der Waals surface area contributed by atoms with Crippen LogP contribution in [0, 0.1) is 0 Å². The van der Waals surface area contributed by atoms with E-state index in [2.05, 4.69) is 10.2 Å². The average molecular weight is 322 g/mol. The Labute approximate surface area is 121 Å². The number of carbonyl (C=O) groups excluding carboxylic acids is 1. The summed E-state index contributed by atoms with van der Waals surface area (Å²) in [6.45, 7) is 2.78. The Hall–Kier alpha value is -1.12. The maximum absolute atomic E-state index is 12.4. The molecular formula is C11H16ClN3O4S. The van der Waals surface area contributed by atoms with Gasteiger partial charge in [0.25, 0.3) is 15.0 Å². The van der Waals surface area contributed by atoms with Gasteiger partial charge in [-0.2, -0.15) is 5.10 Å². The summed E-state index contributed by atoms with van der Waals surface area (Å²) in [4.78, 5) is 13.6. The molecule has 1 N–H and O–H groups in total. The van der Waals surface area contributed by atoms with Gasteiger partial charge in [-0.05, 0) is 12.8 Å². The molecule has 2 rings (SSSR count). The summed E-state index contributed by atoms with van der Waals surface area (Å²) in [6.07, 6.45) is 1.11. The molecule has 1 aromatic heterocycles. The number of aromatic amines is 1. The highest BCUT2D eigenvalue weighted by Gasteiger charge is 2.32. The number of nitrogens with one attached hydrogen (secondary N) is 1. The molecule has 1 fully saturated rings. The lowest BCUT2D eigenvalue weighted by molar-refractivity contribution is 0.0701. The van der Waals surface area contributed by atoms with Gasteiger partial charge in [0.05, 0.1) is 18.3 Å². The predicted molar refractivity (Wildman–Crippen MR) is 72.3 cm³/mol. The summed E-state index contributed by atoms with van der Waals surface area (Å²) in [6, 6.07) is -0.0739. The van der Waals surface area contributed by atoms with E-state index in [4.69, 9.17) is 15.4 Å². The summed E-state index contributed by atoms with van der Waals surface area (Å²) < 4.78 is 28.5. The van der Waals surface area contributed by atoms with E-state index in [0.29, 0.717) is 25.3 Å². The van der Waals surface area contributed by atoms with Crippen LogP contribution in [0.2, 0.25) is 0 Å². The normalized spacial score (nSPS) is 19.2. The Balaban J connectivity index is 2.37. The first-order chi connectivity index (χ1) is 9.36. The lowest BCUT2D eigenvalue weighted by Gasteiger charge is -2.22. The number of hydrogen-bond donors (Lipinski definition) is 1. The molecule has 0 spiro atoms. The third kappa shape index (κ3) is 2.82. The molecule has 0 aliphatic carbocycles. The lowest BCUT2D eigenvalue weighted by Crippen LogP contribution is -2.38. The van der Waals surface area contributed by atoms with Crippen molar-refractivity contribution < 1.29 is 17.9 Å². The van der Waals surface area contributed by atoms with Gasteiger partial charge in [-0.15, -0.1) is 0 Å². The van der Waals surface area contributed by atoms with Crippen molar-refractivity contribution in [3.8, 4) is 0 Å². The number of hydrogen-bond acceptors (Lipinski definition) is 5. The number of ether oxygens (including phenoxy) is 1. The number of likely N-dealkylation sites (N-methyl/N-ethyl adjacent to an activating group) is 1. The van der Waals surface area contributed by atoms with Crippen molar-refractivity contribution in [2.24, 2.45) is 0 Å². The Kier molecular flexibility index (Phi) is 4.36. The third-order valence-corrected chi connectivity index (χ3v) is 4.76. The number of nitrogens with zero attached hydrogens (tertiary/aromatic N) is 2. The van der Waals surface area contributed by atoms with Gasteiger partial charge in [-0.3, -0.25) is 9.89 Å². The van der Waals surface area contributed by atoms with Crippen LogP contribution in [0.1, 0.15) is 29.5 Å². The number of carbonyl (C=O) groups is 1. The second-order valence-electron chi connectivity index (χ2n) is 4.60. The second-order valence-corrected chi connectivity index (χ2v) is 7.11. The number of amides is 1. The second kappa shape index (κ2) is 5.71. The van der Waals surface area contributed by atoms with Gasteiger partial charge in [-0.1, -0.05) is 6.92 Å². The molecule has 0 aromatic carbocycles. The Morgan fingerprint density at radius 1 is 1.60 bits per heavy atom. The number of aromatic nitrogens is 2. The monoisotopic (exact) mass is 321 g/mol. The first kappa shape index (κ1) is 15.3. The minimum absolute atomic E-state index is 0.0739. The highest BCUT2D eigenvalue weighted by Crippen LogP contribution is 2.25. The van der Waals surface area contributed by atoms with Crippen molar-refractivity contribution in [3.05, 3.63) is 11.4 Å². The zero-order valence-electron chi connectivity index (χ0n) is 11.2. The third-order valence-electron chi connectivity index (χ3n) is 3.37. The quantitative estimate of drug-likeness (QED) is 0.827. The molecule has 0 bridgehead atoms. The fourth-order valence-electron chi connectivity index (χ4n) is 2.18. The van der Waals surface area contributed by atoms with Crippen LogP contribution in [-0.4, -0.2) is 55.7 Å². The first-order valence-corrected chi connectivity index (χ1v) is 8.54. The topological polar surface area (TPSA) is 92.4 Å². The molecule has 1 atom stereocenters. The highest BCUT2D eigenvalue weighted by molar-refractivity contribution is 8.13. The van der Waals surface area contributed by atoms with Crippen molar-refractivity contribution in [1.82, 2.24) is 15.1 Å². The predicted octanol–water partition coefficient (Wildman–Crippen LogP) is 0.761. The van der Waals surface area contributed by atoms with Crippen molar-refractivity contribution in [3.63, 3.8) is 0 Å². The van der Waals surface area contributed by atoms with E-state index in [1.54, 1.807) is 14.0 Å². The van der Waals surface area contributed by atoms with E-state index < -0.39 is 15.0 Å². The molecular weight excluding hydrogens is 306 g/mol. The van der Waals surface area contributed by atoms with E-state index in [0.717, 1.165) is 6.42 Å². The van der Waals surface area contributed by atoms with Gasteiger partial charge < -0.3 is 9.64 Å². The fourth-order valence-corrected chi connectivity index (χ4v) is 3.52. The molecule has 1 saturated heterocycles. The average Bonchev–Trinajstić information content (AvgIpc) is 3.04. The van der Waals surface area contributed by atoms with Gasteiger partial charge in [0.1, 0.15) is 4.90 Å². The summed E-state index contributed by atoms with van der Waals surface area (Å²) in [5, 5.41) is 6.39. The molecule has 7 nitrogen and oxygen atoms in total. The molecule has 1 aliphatic rings. The molecule has 1 aromatic rings. The largest absolute Gasteiger partial charge is 0.379 e. The molecule has 20 heavy (non-hydrogen) atoms. The Morgan fingerprint density at radius 2 is 2.30 bits per heavy atom. The first-order valence-electron chi connectivity index (χ1n) is 6.23. The molecule has 0 saturated carbocycles. The Bertz CT molecular complexity index is 607. The zero-order chi connectivity index (χ0) is 14.9. The number of rotatable bonds is 4. The van der Waals surface area contributed by atoms with Crippen LogP contribution in [0.4, 0.5) is 0 Å². The number of halogens is 1. The van der Waals surface area contributed by atoms with Crippen LogP contribution >= 0.6 is 10.7 Å². The molecule has 9 heteroatoms. The smallest absolute Gasteiger partial charge is 0.275 e. The van der Waals surface area contributed by atoms with Crippen LogP contribution in [-0.2, 0) is 20.2 Å². The summed E-state index contributed by atoms with van der Waals surface area (Å²) in [5.41, 5.74) is 0.172. The van der Waals surface area contributed by atoms with Crippen LogP contribution in [0.15, 0.2) is 4.90 Å². The van der Waals surface area contributed by atoms with Crippen molar-refractivity contribution in [2.75, 3.05) is 20.3 Å². The number of H-pyrrole nitrogens is 1. The van der Waals surface area contributed by atoms with E-state index in [1.807, 2.05) is 0 Å². The van der Waals surface area contributed by atoms with E-state index in [9.17, 15) is 13.2 Å². The van der Waals surface area contributed by atoms with Gasteiger partial charge in [-0.25, -0.2) is 8.42 Å². The minimum Gasteiger partial charge on any atom is -0.379 e.